The minimum absolute atomic E-state index is 0.0412. The van der Waals surface area contributed by atoms with Crippen LogP contribution in [0, 0.1) is 11.3 Å². The average Bonchev–Trinajstić information content (AvgIpc) is 2.25. The number of carbonyl (C=O) groups excluding carboxylic acids is 1. The highest BCUT2D eigenvalue weighted by Gasteiger charge is 2.30. The Bertz CT molecular complexity index is 257. The summed E-state index contributed by atoms with van der Waals surface area (Å²) in [7, 11) is 0. The molecule has 2 N–H and O–H groups in total. The Kier molecular flexibility index (Phi) is 6.90. The molecule has 0 radical (unpaired) electrons. The van der Waals surface area contributed by atoms with Gasteiger partial charge in [0, 0.05) is 12.0 Å². The minimum Gasteiger partial charge on any atom is -0.388 e. The van der Waals surface area contributed by atoms with Crippen molar-refractivity contribution in [2.24, 2.45) is 11.3 Å². The molecular weight excluding hydrogens is 226 g/mol. The number of unbranched alkanes of at least 4 members (excludes halogenated alkanes) is 2. The molecule has 0 aromatic heterocycles. The zero-order chi connectivity index (χ0) is 14.4. The van der Waals surface area contributed by atoms with Gasteiger partial charge in [0.25, 0.3) is 0 Å². The molecule has 0 spiro atoms. The van der Waals surface area contributed by atoms with Gasteiger partial charge in [-0.3, -0.25) is 4.79 Å². The van der Waals surface area contributed by atoms with Gasteiger partial charge >= 0.3 is 0 Å². The molecule has 0 fully saturated rings. The lowest BCUT2D eigenvalue weighted by molar-refractivity contribution is -0.131. The molecule has 0 aliphatic carbocycles. The van der Waals surface area contributed by atoms with Crippen molar-refractivity contribution in [3.8, 4) is 0 Å². The van der Waals surface area contributed by atoms with Crippen LogP contribution in [0.5, 0.6) is 0 Å². The second kappa shape index (κ2) is 7.13. The molecule has 0 aromatic rings. The van der Waals surface area contributed by atoms with Crippen LogP contribution >= 0.6 is 0 Å². The number of hydrogen-bond donors (Lipinski definition) is 2. The van der Waals surface area contributed by atoms with Crippen molar-refractivity contribution in [2.75, 3.05) is 6.54 Å². The molecule has 108 valence electrons. The average molecular weight is 257 g/mol. The number of carbonyl (C=O) groups is 1. The second-order valence-electron chi connectivity index (χ2n) is 6.54. The number of aliphatic hydroxyl groups is 1. The van der Waals surface area contributed by atoms with E-state index in [1.165, 1.54) is 12.8 Å². The van der Waals surface area contributed by atoms with Gasteiger partial charge in [0.1, 0.15) is 0 Å². The molecule has 0 aliphatic rings. The molecule has 3 nitrogen and oxygen atoms in total. The van der Waals surface area contributed by atoms with E-state index in [-0.39, 0.29) is 17.2 Å². The third-order valence-corrected chi connectivity index (χ3v) is 3.87. The van der Waals surface area contributed by atoms with Gasteiger partial charge in [-0.2, -0.15) is 0 Å². The van der Waals surface area contributed by atoms with Gasteiger partial charge in [-0.05, 0) is 19.3 Å². The van der Waals surface area contributed by atoms with Crippen LogP contribution < -0.4 is 5.32 Å². The largest absolute Gasteiger partial charge is 0.388 e. The van der Waals surface area contributed by atoms with Crippen LogP contribution in [0.15, 0.2) is 0 Å². The SMILES string of the molecule is CCCCCC(C)(C)C(=O)NCC(C)(O)C(C)C. The van der Waals surface area contributed by atoms with E-state index in [9.17, 15) is 9.90 Å². The maximum atomic E-state index is 12.1. The molecule has 1 amide bonds. The maximum absolute atomic E-state index is 12.1. The molecule has 0 saturated carbocycles. The number of rotatable bonds is 8. The quantitative estimate of drug-likeness (QED) is 0.656. The van der Waals surface area contributed by atoms with E-state index in [1.54, 1.807) is 6.92 Å². The number of hydrogen-bond acceptors (Lipinski definition) is 2. The van der Waals surface area contributed by atoms with Gasteiger partial charge in [0.05, 0.1) is 5.60 Å². The van der Waals surface area contributed by atoms with E-state index in [0.717, 1.165) is 12.8 Å². The molecule has 0 aliphatic heterocycles. The smallest absolute Gasteiger partial charge is 0.225 e. The first-order chi connectivity index (χ1) is 8.13. The first-order valence-corrected chi connectivity index (χ1v) is 7.14. The predicted molar refractivity (Wildman–Crippen MR) is 76.4 cm³/mol. The summed E-state index contributed by atoms with van der Waals surface area (Å²) in [5.41, 5.74) is -1.18. The van der Waals surface area contributed by atoms with Crippen LogP contribution in [-0.2, 0) is 4.79 Å². The molecule has 0 rings (SSSR count). The lowest BCUT2D eigenvalue weighted by atomic mass is 9.85. The third-order valence-electron chi connectivity index (χ3n) is 3.87. The Morgan fingerprint density at radius 3 is 2.22 bits per heavy atom. The number of amides is 1. The van der Waals surface area contributed by atoms with E-state index < -0.39 is 5.60 Å². The summed E-state index contributed by atoms with van der Waals surface area (Å²) < 4.78 is 0. The van der Waals surface area contributed by atoms with E-state index in [2.05, 4.69) is 12.2 Å². The van der Waals surface area contributed by atoms with Crippen molar-refractivity contribution in [3.63, 3.8) is 0 Å². The fraction of sp³-hybridized carbons (Fsp3) is 0.933. The minimum atomic E-state index is -0.838. The van der Waals surface area contributed by atoms with Crippen LogP contribution in [-0.4, -0.2) is 23.2 Å². The normalized spacial score (nSPS) is 15.6. The zero-order valence-corrected chi connectivity index (χ0v) is 13.0. The van der Waals surface area contributed by atoms with Crippen LogP contribution in [0.3, 0.4) is 0 Å². The van der Waals surface area contributed by atoms with Gasteiger partial charge < -0.3 is 10.4 Å². The fourth-order valence-electron chi connectivity index (χ4n) is 1.63. The van der Waals surface area contributed by atoms with Gasteiger partial charge in [-0.1, -0.05) is 53.9 Å². The third kappa shape index (κ3) is 5.85. The second-order valence-corrected chi connectivity index (χ2v) is 6.54. The van der Waals surface area contributed by atoms with Gasteiger partial charge in [-0.15, -0.1) is 0 Å². The molecule has 3 heteroatoms. The molecule has 0 saturated heterocycles. The van der Waals surface area contributed by atoms with Crippen LogP contribution in [0.25, 0.3) is 0 Å². The zero-order valence-electron chi connectivity index (χ0n) is 13.0. The molecule has 0 aromatic carbocycles. The van der Waals surface area contributed by atoms with Crippen molar-refractivity contribution >= 4 is 5.91 Å². The Morgan fingerprint density at radius 2 is 1.78 bits per heavy atom. The lowest BCUT2D eigenvalue weighted by Gasteiger charge is -2.30. The topological polar surface area (TPSA) is 49.3 Å². The van der Waals surface area contributed by atoms with Crippen LogP contribution in [0.4, 0.5) is 0 Å². The van der Waals surface area contributed by atoms with Gasteiger partial charge in [0.15, 0.2) is 0 Å². The summed E-state index contributed by atoms with van der Waals surface area (Å²) in [6, 6.07) is 0. The van der Waals surface area contributed by atoms with E-state index in [1.807, 2.05) is 27.7 Å². The van der Waals surface area contributed by atoms with Crippen LogP contribution in [0.2, 0.25) is 0 Å². The maximum Gasteiger partial charge on any atom is 0.225 e. The Labute approximate surface area is 112 Å². The van der Waals surface area contributed by atoms with E-state index >= 15 is 0 Å². The summed E-state index contributed by atoms with van der Waals surface area (Å²) in [6.45, 7) is 12.1. The van der Waals surface area contributed by atoms with Gasteiger partial charge in [-0.25, -0.2) is 0 Å². The van der Waals surface area contributed by atoms with E-state index in [4.69, 9.17) is 0 Å². The first-order valence-electron chi connectivity index (χ1n) is 7.14. The van der Waals surface area contributed by atoms with Crippen molar-refractivity contribution in [1.82, 2.24) is 5.32 Å². The standard InChI is InChI=1S/C15H31NO2/c1-7-8-9-10-14(4,5)13(17)16-11-15(6,18)12(2)3/h12,18H,7-11H2,1-6H3,(H,16,17). The Hall–Kier alpha value is -0.570. The Balaban J connectivity index is 4.22. The highest BCUT2D eigenvalue weighted by molar-refractivity contribution is 5.81. The summed E-state index contributed by atoms with van der Waals surface area (Å²) in [5.74, 6) is 0.167. The number of nitrogens with one attached hydrogen (secondary N) is 1. The molecule has 18 heavy (non-hydrogen) atoms. The van der Waals surface area contributed by atoms with E-state index in [0.29, 0.717) is 6.54 Å². The highest BCUT2D eigenvalue weighted by atomic mass is 16.3. The van der Waals surface area contributed by atoms with Crippen molar-refractivity contribution in [2.45, 2.75) is 72.8 Å². The predicted octanol–water partition coefficient (Wildman–Crippen LogP) is 3.12. The highest BCUT2D eigenvalue weighted by Crippen LogP contribution is 2.24. The van der Waals surface area contributed by atoms with Gasteiger partial charge in [0.2, 0.25) is 5.91 Å². The van der Waals surface area contributed by atoms with Crippen LogP contribution in [0.1, 0.15) is 67.2 Å². The molecule has 1 unspecified atom stereocenters. The monoisotopic (exact) mass is 257 g/mol. The molecule has 0 heterocycles. The first kappa shape index (κ1) is 17.4. The summed E-state index contributed by atoms with van der Waals surface area (Å²) in [6.07, 6.45) is 4.31. The summed E-state index contributed by atoms with van der Waals surface area (Å²) >= 11 is 0. The van der Waals surface area contributed by atoms with Crippen molar-refractivity contribution < 1.29 is 9.90 Å². The molecule has 1 atom stereocenters. The summed E-state index contributed by atoms with van der Waals surface area (Å²) in [5, 5.41) is 13.0. The van der Waals surface area contributed by atoms with Crippen molar-refractivity contribution in [3.05, 3.63) is 0 Å². The fourth-order valence-corrected chi connectivity index (χ4v) is 1.63. The Morgan fingerprint density at radius 1 is 1.22 bits per heavy atom. The lowest BCUT2D eigenvalue weighted by Crippen LogP contribution is -2.47. The summed E-state index contributed by atoms with van der Waals surface area (Å²) in [4.78, 5) is 12.1. The molecular formula is C15H31NO2. The molecule has 0 bridgehead atoms. The van der Waals surface area contributed by atoms with Crippen molar-refractivity contribution in [1.29, 1.82) is 0 Å².